The summed E-state index contributed by atoms with van der Waals surface area (Å²) in [6.07, 6.45) is 0. The zero-order chi connectivity index (χ0) is 20.4. The summed E-state index contributed by atoms with van der Waals surface area (Å²) < 4.78 is 4.88. The molecular weight excluding hydrogens is 386 g/mol. The van der Waals surface area contributed by atoms with E-state index in [0.717, 1.165) is 4.90 Å². The van der Waals surface area contributed by atoms with Crippen molar-refractivity contribution in [2.24, 2.45) is 5.73 Å². The molecule has 2 amide bonds. The van der Waals surface area contributed by atoms with E-state index in [1.54, 1.807) is 30.3 Å². The predicted molar refractivity (Wildman–Crippen MR) is 99.7 cm³/mol. The number of rotatable bonds is 6. The Kier molecular flexibility index (Phi) is 5.71. The number of thioether (sulfide) groups is 1. The Labute approximate surface area is 164 Å². The summed E-state index contributed by atoms with van der Waals surface area (Å²) in [6.45, 7) is 1.02. The minimum absolute atomic E-state index is 0.198. The largest absolute Gasteiger partial charge is 0.477 e. The standard InChI is InChI=1S/C18H19N3O6S/c1-9(22)27-7-11-8-28-17-13(16(24)21(17)14(11)18(25)26)20-15(23)12(19)10-5-3-2-4-6-10/h2-6,12-13,17H,7-8,19H2,1H3,(H,20,23)(H,25,26)/t12?,13-,17+/m1/s1. The lowest BCUT2D eigenvalue weighted by molar-refractivity contribution is -0.151. The molecule has 1 aromatic carbocycles. The summed E-state index contributed by atoms with van der Waals surface area (Å²) in [7, 11) is 0. The summed E-state index contributed by atoms with van der Waals surface area (Å²) >= 11 is 1.29. The first kappa shape index (κ1) is 19.9. The van der Waals surface area contributed by atoms with E-state index in [0.29, 0.717) is 11.1 Å². The van der Waals surface area contributed by atoms with Crippen LogP contribution in [0.15, 0.2) is 41.6 Å². The van der Waals surface area contributed by atoms with Crippen LogP contribution in [-0.2, 0) is 23.9 Å². The van der Waals surface area contributed by atoms with Gasteiger partial charge in [-0.1, -0.05) is 30.3 Å². The van der Waals surface area contributed by atoms with Gasteiger partial charge >= 0.3 is 11.9 Å². The number of carboxylic acid groups (broad SMARTS) is 1. The van der Waals surface area contributed by atoms with Crippen LogP contribution in [-0.4, -0.2) is 57.5 Å². The molecule has 0 radical (unpaired) electrons. The van der Waals surface area contributed by atoms with Crippen molar-refractivity contribution in [3.63, 3.8) is 0 Å². The van der Waals surface area contributed by atoms with Gasteiger partial charge in [0.05, 0.1) is 0 Å². The maximum Gasteiger partial charge on any atom is 0.352 e. The van der Waals surface area contributed by atoms with E-state index in [2.05, 4.69) is 5.32 Å². The van der Waals surface area contributed by atoms with Crippen LogP contribution >= 0.6 is 11.8 Å². The van der Waals surface area contributed by atoms with Gasteiger partial charge in [-0.15, -0.1) is 11.8 Å². The molecule has 1 saturated heterocycles. The Hall–Kier alpha value is -2.85. The van der Waals surface area contributed by atoms with Crippen molar-refractivity contribution < 1.29 is 29.0 Å². The number of fused-ring (bicyclic) bond motifs is 1. The SMILES string of the molecule is CC(=O)OCC1=C(C(=O)O)N2C(=O)[C@@H](NC(=O)C(N)c3ccccc3)[C@@H]2SC1. The molecule has 0 bridgehead atoms. The van der Waals surface area contributed by atoms with E-state index in [1.165, 1.54) is 18.7 Å². The number of amides is 2. The van der Waals surface area contributed by atoms with Gasteiger partial charge in [0.2, 0.25) is 5.91 Å². The molecule has 0 aliphatic carbocycles. The number of aliphatic carboxylic acids is 1. The highest BCUT2D eigenvalue weighted by Gasteiger charge is 2.54. The molecule has 2 aliphatic heterocycles. The summed E-state index contributed by atoms with van der Waals surface area (Å²) in [5, 5.41) is 11.6. The Morgan fingerprint density at radius 2 is 2.04 bits per heavy atom. The molecule has 2 aliphatic rings. The van der Waals surface area contributed by atoms with Crippen LogP contribution in [0.25, 0.3) is 0 Å². The third-order valence-electron chi connectivity index (χ3n) is 4.44. The first-order chi connectivity index (χ1) is 13.3. The number of nitrogens with zero attached hydrogens (tertiary/aromatic N) is 1. The molecule has 1 fully saturated rings. The highest BCUT2D eigenvalue weighted by molar-refractivity contribution is 8.00. The van der Waals surface area contributed by atoms with Crippen molar-refractivity contribution in [1.29, 1.82) is 0 Å². The van der Waals surface area contributed by atoms with Gasteiger partial charge in [0, 0.05) is 18.2 Å². The average Bonchev–Trinajstić information content (AvgIpc) is 2.69. The van der Waals surface area contributed by atoms with Crippen molar-refractivity contribution in [3.05, 3.63) is 47.2 Å². The fraction of sp³-hybridized carbons (Fsp3) is 0.333. The molecule has 1 aromatic rings. The second kappa shape index (κ2) is 8.03. The van der Waals surface area contributed by atoms with Crippen LogP contribution in [0.3, 0.4) is 0 Å². The van der Waals surface area contributed by atoms with E-state index in [1.807, 2.05) is 0 Å². The number of hydrogen-bond acceptors (Lipinski definition) is 7. The third kappa shape index (κ3) is 3.73. The second-order valence-corrected chi connectivity index (χ2v) is 7.43. The number of hydrogen-bond donors (Lipinski definition) is 3. The number of ether oxygens (including phenoxy) is 1. The monoisotopic (exact) mass is 405 g/mol. The zero-order valence-electron chi connectivity index (χ0n) is 15.0. The van der Waals surface area contributed by atoms with Gasteiger partial charge in [-0.25, -0.2) is 4.79 Å². The van der Waals surface area contributed by atoms with Crippen LogP contribution in [0.4, 0.5) is 0 Å². The summed E-state index contributed by atoms with van der Waals surface area (Å²) in [6, 6.07) is 6.92. The molecule has 1 unspecified atom stereocenters. The van der Waals surface area contributed by atoms with Crippen LogP contribution in [0.2, 0.25) is 0 Å². The van der Waals surface area contributed by atoms with Gasteiger partial charge in [-0.05, 0) is 5.56 Å². The number of nitrogens with two attached hydrogens (primary N) is 1. The fourth-order valence-electron chi connectivity index (χ4n) is 3.04. The number of carbonyl (C=O) groups is 4. The topological polar surface area (TPSA) is 139 Å². The Bertz CT molecular complexity index is 856. The maximum absolute atomic E-state index is 12.5. The molecule has 4 N–H and O–H groups in total. The number of benzene rings is 1. The van der Waals surface area contributed by atoms with Crippen LogP contribution in [0.1, 0.15) is 18.5 Å². The summed E-state index contributed by atoms with van der Waals surface area (Å²) in [5.74, 6) is -2.62. The van der Waals surface area contributed by atoms with Crippen molar-refractivity contribution in [2.75, 3.05) is 12.4 Å². The lowest BCUT2D eigenvalue weighted by atomic mass is 10.0. The highest BCUT2D eigenvalue weighted by atomic mass is 32.2. The number of β-lactam (4-membered cyclic amide) rings is 1. The summed E-state index contributed by atoms with van der Waals surface area (Å²) in [4.78, 5) is 48.7. The van der Waals surface area contributed by atoms with E-state index >= 15 is 0 Å². The highest BCUT2D eigenvalue weighted by Crippen LogP contribution is 2.40. The van der Waals surface area contributed by atoms with Crippen molar-refractivity contribution >= 4 is 35.5 Å². The lowest BCUT2D eigenvalue weighted by Gasteiger charge is -2.49. The molecule has 3 atom stereocenters. The van der Waals surface area contributed by atoms with Gasteiger partial charge in [-0.3, -0.25) is 19.3 Å². The quantitative estimate of drug-likeness (QED) is 0.444. The van der Waals surface area contributed by atoms with Crippen molar-refractivity contribution in [2.45, 2.75) is 24.4 Å². The van der Waals surface area contributed by atoms with Gasteiger partial charge in [0.1, 0.15) is 29.8 Å². The second-order valence-electron chi connectivity index (χ2n) is 6.32. The first-order valence-corrected chi connectivity index (χ1v) is 9.50. The molecule has 3 rings (SSSR count). The number of esters is 1. The van der Waals surface area contributed by atoms with Crippen molar-refractivity contribution in [1.82, 2.24) is 10.2 Å². The molecule has 28 heavy (non-hydrogen) atoms. The number of nitrogens with one attached hydrogen (secondary N) is 1. The van der Waals surface area contributed by atoms with Gasteiger partial charge in [-0.2, -0.15) is 0 Å². The molecule has 0 aromatic heterocycles. The normalized spacial score (nSPS) is 22.1. The van der Waals surface area contributed by atoms with Crippen LogP contribution in [0, 0.1) is 0 Å². The van der Waals surface area contributed by atoms with Gasteiger partial charge in [0.25, 0.3) is 5.91 Å². The average molecular weight is 405 g/mol. The summed E-state index contributed by atoms with van der Waals surface area (Å²) in [5.41, 5.74) is 6.69. The molecular formula is C18H19N3O6S. The predicted octanol–water partition coefficient (Wildman–Crippen LogP) is -0.0119. The number of carboxylic acids is 1. The maximum atomic E-state index is 12.5. The Balaban J connectivity index is 1.72. The molecule has 148 valence electrons. The molecule has 9 nitrogen and oxygen atoms in total. The molecule has 0 saturated carbocycles. The molecule has 2 heterocycles. The Morgan fingerprint density at radius 1 is 1.36 bits per heavy atom. The molecule has 10 heteroatoms. The Morgan fingerprint density at radius 3 is 2.64 bits per heavy atom. The third-order valence-corrected chi connectivity index (χ3v) is 5.78. The van der Waals surface area contributed by atoms with Gasteiger partial charge in [0.15, 0.2) is 0 Å². The van der Waals surface area contributed by atoms with E-state index in [-0.39, 0.29) is 18.1 Å². The molecule has 0 spiro atoms. The van der Waals surface area contributed by atoms with E-state index < -0.39 is 41.2 Å². The fourth-order valence-corrected chi connectivity index (χ4v) is 4.37. The van der Waals surface area contributed by atoms with Crippen molar-refractivity contribution in [3.8, 4) is 0 Å². The number of carbonyl (C=O) groups excluding carboxylic acids is 3. The van der Waals surface area contributed by atoms with E-state index in [4.69, 9.17) is 10.5 Å². The van der Waals surface area contributed by atoms with E-state index in [9.17, 15) is 24.3 Å². The minimum atomic E-state index is -1.29. The first-order valence-electron chi connectivity index (χ1n) is 8.45. The lowest BCUT2D eigenvalue weighted by Crippen LogP contribution is -2.71. The van der Waals surface area contributed by atoms with Crippen LogP contribution in [0.5, 0.6) is 0 Å². The van der Waals surface area contributed by atoms with Crippen LogP contribution < -0.4 is 11.1 Å². The zero-order valence-corrected chi connectivity index (χ0v) is 15.8. The smallest absolute Gasteiger partial charge is 0.352 e. The van der Waals surface area contributed by atoms with Gasteiger partial charge < -0.3 is 20.9 Å². The minimum Gasteiger partial charge on any atom is -0.477 e.